The molecule has 14 heteroatoms. The van der Waals surface area contributed by atoms with Crippen LogP contribution in [0.15, 0.2) is 0 Å². The second-order valence-electron chi connectivity index (χ2n) is 8.86. The molecule has 0 aromatic rings. The van der Waals surface area contributed by atoms with Crippen LogP contribution in [0, 0.1) is 0 Å². The van der Waals surface area contributed by atoms with Crippen LogP contribution < -0.4 is 16.0 Å². The minimum absolute atomic E-state index is 0.0327. The van der Waals surface area contributed by atoms with E-state index in [1.807, 2.05) is 0 Å². The van der Waals surface area contributed by atoms with Gasteiger partial charge in [0.1, 0.15) is 18.2 Å². The van der Waals surface area contributed by atoms with Crippen LogP contribution in [0.3, 0.4) is 0 Å². The predicted molar refractivity (Wildman–Crippen MR) is 135 cm³/mol. The largest absolute Gasteiger partial charge is 0.458 e. The third kappa shape index (κ3) is 21.7. The van der Waals surface area contributed by atoms with E-state index in [1.54, 1.807) is 20.8 Å². The third-order valence-corrected chi connectivity index (χ3v) is 4.51. The first-order valence-corrected chi connectivity index (χ1v) is 12.5. The van der Waals surface area contributed by atoms with Gasteiger partial charge in [0, 0.05) is 33.7 Å². The number of esters is 1. The maximum atomic E-state index is 12.1. The van der Waals surface area contributed by atoms with Crippen LogP contribution in [0.4, 0.5) is 0 Å². The zero-order chi connectivity index (χ0) is 28.7. The van der Waals surface area contributed by atoms with Crippen LogP contribution in [-0.2, 0) is 52.3 Å². The highest BCUT2D eigenvalue weighted by molar-refractivity contribution is 5.81. The summed E-state index contributed by atoms with van der Waals surface area (Å²) in [6, 6.07) is -0.897. The zero-order valence-corrected chi connectivity index (χ0v) is 23.2. The van der Waals surface area contributed by atoms with Gasteiger partial charge in [-0.15, -0.1) is 0 Å². The monoisotopic (exact) mass is 551 g/mol. The van der Waals surface area contributed by atoms with Crippen molar-refractivity contribution in [1.29, 1.82) is 0 Å². The number of carbonyl (C=O) groups excluding carboxylic acids is 4. The van der Waals surface area contributed by atoms with Crippen LogP contribution in [-0.4, -0.2) is 122 Å². The van der Waals surface area contributed by atoms with Gasteiger partial charge in [0.15, 0.2) is 6.29 Å². The molecule has 3 N–H and O–H groups in total. The van der Waals surface area contributed by atoms with Crippen molar-refractivity contribution in [2.24, 2.45) is 0 Å². The van der Waals surface area contributed by atoms with Crippen LogP contribution >= 0.6 is 0 Å². The molecule has 0 bridgehead atoms. The van der Waals surface area contributed by atoms with E-state index in [0.717, 1.165) is 0 Å². The summed E-state index contributed by atoms with van der Waals surface area (Å²) in [6.07, 6.45) is 0.143. The molecule has 0 rings (SSSR count). The number of ether oxygens (including phenoxy) is 7. The smallest absolute Gasteiger partial charge is 0.329 e. The van der Waals surface area contributed by atoms with Gasteiger partial charge in [0.05, 0.1) is 46.2 Å². The Bertz CT molecular complexity index is 655. The normalized spacial score (nSPS) is 12.2. The SMILES string of the molecule is COC(COCCOCCNC(=O)COCCOCCNC(=O)CCC(NC=O)C(=O)OC(C)(C)C)OC. The average Bonchev–Trinajstić information content (AvgIpc) is 2.86. The van der Waals surface area contributed by atoms with Crippen LogP contribution in [0.5, 0.6) is 0 Å². The summed E-state index contributed by atoms with van der Waals surface area (Å²) in [5.41, 5.74) is -0.696. The quantitative estimate of drug-likeness (QED) is 0.0591. The highest BCUT2D eigenvalue weighted by Crippen LogP contribution is 2.10. The number of hydrogen-bond donors (Lipinski definition) is 3. The Kier molecular flexibility index (Phi) is 21.2. The van der Waals surface area contributed by atoms with Gasteiger partial charge in [-0.05, 0) is 27.2 Å². The summed E-state index contributed by atoms with van der Waals surface area (Å²) in [5, 5.41) is 7.71. The fraction of sp³-hybridized carbons (Fsp3) is 0.833. The summed E-state index contributed by atoms with van der Waals surface area (Å²) >= 11 is 0. The van der Waals surface area contributed by atoms with Gasteiger partial charge in [0.2, 0.25) is 18.2 Å². The molecule has 0 radical (unpaired) electrons. The minimum atomic E-state index is -0.897. The summed E-state index contributed by atoms with van der Waals surface area (Å²) in [6.45, 7) is 7.81. The van der Waals surface area contributed by atoms with E-state index in [4.69, 9.17) is 33.2 Å². The zero-order valence-electron chi connectivity index (χ0n) is 23.2. The van der Waals surface area contributed by atoms with E-state index in [2.05, 4.69) is 16.0 Å². The number of carbonyl (C=O) groups is 4. The molecule has 38 heavy (non-hydrogen) atoms. The lowest BCUT2D eigenvalue weighted by Gasteiger charge is -2.23. The number of hydrogen-bond acceptors (Lipinski definition) is 11. The molecule has 1 unspecified atom stereocenters. The van der Waals surface area contributed by atoms with E-state index in [0.29, 0.717) is 39.4 Å². The third-order valence-electron chi connectivity index (χ3n) is 4.51. The Morgan fingerprint density at radius 3 is 1.89 bits per heavy atom. The maximum absolute atomic E-state index is 12.1. The summed E-state index contributed by atoms with van der Waals surface area (Å²) in [5.74, 6) is -1.15. The molecule has 0 fully saturated rings. The molecule has 0 heterocycles. The Morgan fingerprint density at radius 1 is 0.789 bits per heavy atom. The molecule has 1 atom stereocenters. The fourth-order valence-corrected chi connectivity index (χ4v) is 2.68. The lowest BCUT2D eigenvalue weighted by molar-refractivity contribution is -0.158. The summed E-state index contributed by atoms with van der Waals surface area (Å²) < 4.78 is 36.5. The Hall–Kier alpha value is -2.36. The van der Waals surface area contributed by atoms with Gasteiger partial charge >= 0.3 is 5.97 Å². The van der Waals surface area contributed by atoms with Gasteiger partial charge in [-0.2, -0.15) is 0 Å². The molecule has 0 aliphatic carbocycles. The molecule has 0 aromatic heterocycles. The number of methoxy groups -OCH3 is 2. The molecule has 0 aliphatic heterocycles. The molecule has 14 nitrogen and oxygen atoms in total. The van der Waals surface area contributed by atoms with Gasteiger partial charge in [-0.3, -0.25) is 14.4 Å². The molecule has 222 valence electrons. The molecule has 0 saturated heterocycles. The molecule has 0 aliphatic rings. The molecule has 0 aromatic carbocycles. The van der Waals surface area contributed by atoms with Crippen molar-refractivity contribution in [3.05, 3.63) is 0 Å². The van der Waals surface area contributed by atoms with Crippen molar-refractivity contribution in [2.45, 2.75) is 51.5 Å². The fourth-order valence-electron chi connectivity index (χ4n) is 2.68. The molecule has 0 spiro atoms. The van der Waals surface area contributed by atoms with E-state index >= 15 is 0 Å². The minimum Gasteiger partial charge on any atom is -0.458 e. The molecular weight excluding hydrogens is 506 g/mol. The Morgan fingerprint density at radius 2 is 1.34 bits per heavy atom. The van der Waals surface area contributed by atoms with Gasteiger partial charge in [-0.1, -0.05) is 0 Å². The standard InChI is InChI=1S/C24H45N3O11/c1-24(2,3)38-23(31)19(27-18-28)6-7-20(29)25-8-10-34-12-14-36-16-21(30)26-9-11-35-13-15-37-17-22(32-4)33-5/h18-19,22H,6-17H2,1-5H3,(H,25,29)(H,26,30)(H,27,28). The van der Waals surface area contributed by atoms with Gasteiger partial charge in [0.25, 0.3) is 0 Å². The first kappa shape index (κ1) is 35.6. The number of amides is 3. The van der Waals surface area contributed by atoms with Crippen LogP contribution in [0.1, 0.15) is 33.6 Å². The number of rotatable bonds is 24. The highest BCUT2D eigenvalue weighted by Gasteiger charge is 2.25. The number of nitrogens with one attached hydrogen (secondary N) is 3. The van der Waals surface area contributed by atoms with Crippen molar-refractivity contribution in [3.8, 4) is 0 Å². The Labute approximate surface area is 224 Å². The predicted octanol–water partition coefficient (Wildman–Crippen LogP) is -0.859. The molecular formula is C24H45N3O11. The highest BCUT2D eigenvalue weighted by atomic mass is 16.7. The first-order valence-electron chi connectivity index (χ1n) is 12.5. The second kappa shape index (κ2) is 22.6. The van der Waals surface area contributed by atoms with Crippen LogP contribution in [0.2, 0.25) is 0 Å². The topological polar surface area (TPSA) is 169 Å². The van der Waals surface area contributed by atoms with Crippen molar-refractivity contribution < 1.29 is 52.3 Å². The lowest BCUT2D eigenvalue weighted by Crippen LogP contribution is -2.41. The lowest BCUT2D eigenvalue weighted by atomic mass is 10.1. The summed E-state index contributed by atoms with van der Waals surface area (Å²) in [4.78, 5) is 46.5. The van der Waals surface area contributed by atoms with Crippen LogP contribution in [0.25, 0.3) is 0 Å². The van der Waals surface area contributed by atoms with Crippen molar-refractivity contribution in [2.75, 3.05) is 80.2 Å². The van der Waals surface area contributed by atoms with Gasteiger partial charge < -0.3 is 49.1 Å². The summed E-state index contributed by atoms with van der Waals surface area (Å²) in [7, 11) is 3.06. The van der Waals surface area contributed by atoms with E-state index in [1.165, 1.54) is 14.2 Å². The first-order chi connectivity index (χ1) is 18.1. The molecule has 3 amide bonds. The Balaban J connectivity index is 3.65. The molecule has 0 saturated carbocycles. The maximum Gasteiger partial charge on any atom is 0.329 e. The van der Waals surface area contributed by atoms with Gasteiger partial charge in [-0.25, -0.2) is 4.79 Å². The van der Waals surface area contributed by atoms with E-state index in [9.17, 15) is 19.2 Å². The second-order valence-corrected chi connectivity index (χ2v) is 8.86. The van der Waals surface area contributed by atoms with E-state index in [-0.39, 0.29) is 57.6 Å². The van der Waals surface area contributed by atoms with Crippen molar-refractivity contribution >= 4 is 24.2 Å². The average molecular weight is 552 g/mol. The van der Waals surface area contributed by atoms with Crippen molar-refractivity contribution in [3.63, 3.8) is 0 Å². The van der Waals surface area contributed by atoms with E-state index < -0.39 is 23.9 Å². The van der Waals surface area contributed by atoms with Crippen molar-refractivity contribution in [1.82, 2.24) is 16.0 Å².